The minimum atomic E-state index is -1.72. The van der Waals surface area contributed by atoms with E-state index in [4.69, 9.17) is 12.2 Å². The van der Waals surface area contributed by atoms with Gasteiger partial charge in [-0.2, -0.15) is 5.10 Å². The first-order valence-corrected chi connectivity index (χ1v) is 8.24. The van der Waals surface area contributed by atoms with Gasteiger partial charge in [0.05, 0.1) is 18.4 Å². The second-order valence-corrected chi connectivity index (χ2v) is 6.18. The van der Waals surface area contributed by atoms with Crippen molar-refractivity contribution in [3.05, 3.63) is 77.1 Å². The van der Waals surface area contributed by atoms with E-state index >= 15 is 0 Å². The van der Waals surface area contributed by atoms with E-state index in [0.717, 1.165) is 11.3 Å². The summed E-state index contributed by atoms with van der Waals surface area (Å²) in [5, 5.41) is 10.2. The summed E-state index contributed by atoms with van der Waals surface area (Å²) in [4.78, 5) is 0. The van der Waals surface area contributed by atoms with Gasteiger partial charge in [0.1, 0.15) is 5.82 Å². The highest BCUT2D eigenvalue weighted by Crippen LogP contribution is 2.20. The third kappa shape index (κ3) is 4.25. The number of anilines is 2. The van der Waals surface area contributed by atoms with Gasteiger partial charge in [-0.15, -0.1) is 0 Å². The molecule has 0 saturated heterocycles. The fourth-order valence-electron chi connectivity index (χ4n) is 2.42. The van der Waals surface area contributed by atoms with Crippen LogP contribution in [0.2, 0.25) is 0 Å². The molecule has 4 nitrogen and oxygen atoms in total. The van der Waals surface area contributed by atoms with Crippen LogP contribution in [0.25, 0.3) is 0 Å². The highest BCUT2D eigenvalue weighted by Gasteiger charge is 2.19. The second kappa shape index (κ2) is 7.75. The Morgan fingerprint density at radius 3 is 2.56 bits per heavy atom. The average Bonchev–Trinajstić information content (AvgIpc) is 3.06. The van der Waals surface area contributed by atoms with Crippen molar-refractivity contribution in [1.82, 2.24) is 9.78 Å². The molecule has 2 aromatic carbocycles. The topological polar surface area (TPSA) is 41.9 Å². The molecule has 0 aliphatic carbocycles. The van der Waals surface area contributed by atoms with Crippen molar-refractivity contribution in [2.24, 2.45) is 0 Å². The molecule has 0 radical (unpaired) electrons. The summed E-state index contributed by atoms with van der Waals surface area (Å²) in [6, 6.07) is 7.85. The van der Waals surface area contributed by atoms with Crippen molar-refractivity contribution >= 4 is 28.7 Å². The van der Waals surface area contributed by atoms with Crippen molar-refractivity contribution in [1.29, 1.82) is 0 Å². The van der Waals surface area contributed by atoms with Crippen molar-refractivity contribution in [3.63, 3.8) is 0 Å². The number of thiocarbonyl (C=S) groups is 1. The Bertz CT molecular complexity index is 1000. The zero-order chi connectivity index (χ0) is 19.6. The van der Waals surface area contributed by atoms with Crippen LogP contribution in [-0.4, -0.2) is 14.9 Å². The lowest BCUT2D eigenvalue weighted by molar-refractivity contribution is 0.420. The largest absolute Gasteiger partial charge is 0.332 e. The normalized spacial score (nSPS) is 10.7. The standard InChI is InChI=1S/C18H14F4N4S/c1-10-4-2-3-5-15(10)25-18(27)24-11-7-23-26(8-11)9-12-13(19)6-14(20)17(22)16(12)21/h2-8H,9H2,1H3,(H2,24,25,27). The fourth-order valence-corrected chi connectivity index (χ4v) is 2.65. The summed E-state index contributed by atoms with van der Waals surface area (Å²) >= 11 is 5.22. The first-order chi connectivity index (χ1) is 12.8. The molecule has 27 heavy (non-hydrogen) atoms. The van der Waals surface area contributed by atoms with Crippen molar-refractivity contribution in [3.8, 4) is 0 Å². The number of para-hydroxylation sites is 1. The lowest BCUT2D eigenvalue weighted by Crippen LogP contribution is -2.19. The maximum absolute atomic E-state index is 13.8. The van der Waals surface area contributed by atoms with E-state index < -0.39 is 35.4 Å². The Hall–Kier alpha value is -2.94. The molecule has 3 rings (SSSR count). The molecule has 0 aliphatic rings. The van der Waals surface area contributed by atoms with Gasteiger partial charge in [-0.05, 0) is 30.8 Å². The van der Waals surface area contributed by atoms with Crippen LogP contribution >= 0.6 is 12.2 Å². The van der Waals surface area contributed by atoms with E-state index in [2.05, 4.69) is 15.7 Å². The van der Waals surface area contributed by atoms with Gasteiger partial charge in [-0.25, -0.2) is 17.6 Å². The molecule has 0 spiro atoms. The van der Waals surface area contributed by atoms with Crippen molar-refractivity contribution in [2.45, 2.75) is 13.5 Å². The Morgan fingerprint density at radius 1 is 1.07 bits per heavy atom. The van der Waals surface area contributed by atoms with Gasteiger partial charge in [-0.1, -0.05) is 18.2 Å². The minimum Gasteiger partial charge on any atom is -0.332 e. The lowest BCUT2D eigenvalue weighted by Gasteiger charge is -2.11. The van der Waals surface area contributed by atoms with E-state index in [0.29, 0.717) is 16.9 Å². The molecule has 2 N–H and O–H groups in total. The zero-order valence-corrected chi connectivity index (χ0v) is 14.9. The molecule has 0 bridgehead atoms. The number of nitrogens with zero attached hydrogens (tertiary/aromatic N) is 2. The number of hydrogen-bond acceptors (Lipinski definition) is 2. The Morgan fingerprint density at radius 2 is 1.81 bits per heavy atom. The Kier molecular flexibility index (Phi) is 5.41. The number of nitrogens with one attached hydrogen (secondary N) is 2. The molecule has 1 aromatic heterocycles. The monoisotopic (exact) mass is 394 g/mol. The van der Waals surface area contributed by atoms with Crippen LogP contribution in [0.4, 0.5) is 28.9 Å². The van der Waals surface area contributed by atoms with E-state index in [9.17, 15) is 17.6 Å². The number of hydrogen-bond donors (Lipinski definition) is 2. The number of halogens is 4. The number of aromatic nitrogens is 2. The lowest BCUT2D eigenvalue weighted by atomic mass is 10.2. The van der Waals surface area contributed by atoms with Gasteiger partial charge in [0.15, 0.2) is 22.6 Å². The van der Waals surface area contributed by atoms with E-state index in [1.165, 1.54) is 17.1 Å². The Labute approximate surface area is 157 Å². The summed E-state index contributed by atoms with van der Waals surface area (Å²) in [6.45, 7) is 1.52. The third-order valence-corrected chi connectivity index (χ3v) is 4.02. The van der Waals surface area contributed by atoms with Crippen molar-refractivity contribution < 1.29 is 17.6 Å². The summed E-state index contributed by atoms with van der Waals surface area (Å²) in [5.74, 6) is -6.06. The highest BCUT2D eigenvalue weighted by molar-refractivity contribution is 7.80. The van der Waals surface area contributed by atoms with Gasteiger partial charge in [0.25, 0.3) is 0 Å². The van der Waals surface area contributed by atoms with Gasteiger partial charge < -0.3 is 10.6 Å². The molecule has 0 amide bonds. The van der Waals surface area contributed by atoms with Gasteiger partial charge in [0, 0.05) is 23.5 Å². The van der Waals surface area contributed by atoms with Crippen LogP contribution in [0.5, 0.6) is 0 Å². The molecule has 0 saturated carbocycles. The smallest absolute Gasteiger partial charge is 0.194 e. The van der Waals surface area contributed by atoms with E-state index in [-0.39, 0.29) is 0 Å². The third-order valence-electron chi connectivity index (χ3n) is 3.81. The molecule has 140 valence electrons. The Balaban J connectivity index is 1.70. The van der Waals surface area contributed by atoms with Gasteiger partial charge in [-0.3, -0.25) is 4.68 Å². The minimum absolute atomic E-state index is 0.300. The van der Waals surface area contributed by atoms with Crippen LogP contribution in [0, 0.1) is 30.2 Å². The molecule has 9 heteroatoms. The number of benzene rings is 2. The van der Waals surface area contributed by atoms with Crippen molar-refractivity contribution in [2.75, 3.05) is 10.6 Å². The molecular formula is C18H14F4N4S. The van der Waals surface area contributed by atoms with Crippen LogP contribution in [0.15, 0.2) is 42.7 Å². The van der Waals surface area contributed by atoms with Crippen LogP contribution in [-0.2, 0) is 6.54 Å². The fraction of sp³-hybridized carbons (Fsp3) is 0.111. The molecular weight excluding hydrogens is 380 g/mol. The predicted molar refractivity (Wildman–Crippen MR) is 98.6 cm³/mol. The molecule has 1 heterocycles. The number of rotatable bonds is 4. The van der Waals surface area contributed by atoms with E-state index in [1.807, 2.05) is 31.2 Å². The first-order valence-electron chi connectivity index (χ1n) is 7.83. The second-order valence-electron chi connectivity index (χ2n) is 5.77. The van der Waals surface area contributed by atoms with Gasteiger partial charge >= 0.3 is 0 Å². The zero-order valence-electron chi connectivity index (χ0n) is 14.1. The summed E-state index contributed by atoms with van der Waals surface area (Å²) in [6.07, 6.45) is 2.83. The molecule has 3 aromatic rings. The van der Waals surface area contributed by atoms with Crippen LogP contribution in [0.1, 0.15) is 11.1 Å². The SMILES string of the molecule is Cc1ccccc1NC(=S)Nc1cnn(Cc2c(F)cc(F)c(F)c2F)c1. The summed E-state index contributed by atoms with van der Waals surface area (Å²) in [7, 11) is 0. The maximum Gasteiger partial charge on any atom is 0.194 e. The highest BCUT2D eigenvalue weighted by atomic mass is 32.1. The maximum atomic E-state index is 13.8. The van der Waals surface area contributed by atoms with Crippen LogP contribution in [0.3, 0.4) is 0 Å². The van der Waals surface area contributed by atoms with Crippen LogP contribution < -0.4 is 10.6 Å². The predicted octanol–water partition coefficient (Wildman–Crippen LogP) is 4.61. The molecule has 0 atom stereocenters. The molecule has 0 fully saturated rings. The van der Waals surface area contributed by atoms with Gasteiger partial charge in [0.2, 0.25) is 0 Å². The summed E-state index contributed by atoms with van der Waals surface area (Å²) < 4.78 is 55.0. The number of aryl methyl sites for hydroxylation is 1. The first kappa shape index (κ1) is 18.8. The quantitative estimate of drug-likeness (QED) is 0.294. The molecule has 0 unspecified atom stereocenters. The average molecular weight is 394 g/mol. The molecule has 0 aliphatic heterocycles. The van der Waals surface area contributed by atoms with E-state index in [1.54, 1.807) is 0 Å². The summed E-state index contributed by atoms with van der Waals surface area (Å²) in [5.41, 5.74) is 1.67.